The first-order chi connectivity index (χ1) is 34.5. The number of cyclic esters (lactones) is 1. The summed E-state index contributed by atoms with van der Waals surface area (Å²) in [5, 5.41) is 41.9. The summed E-state index contributed by atoms with van der Waals surface area (Å²) >= 11 is 0. The molecule has 0 radical (unpaired) electrons. The number of aliphatic hydroxyl groups is 4. The van der Waals surface area contributed by atoms with Gasteiger partial charge in [0.15, 0.2) is 17.3 Å². The minimum atomic E-state index is -1.58. The minimum Gasteiger partial charge on any atom is -0.493 e. The van der Waals surface area contributed by atoms with Gasteiger partial charge in [-0.05, 0) is 119 Å². The van der Waals surface area contributed by atoms with E-state index in [4.69, 9.17) is 28.4 Å². The van der Waals surface area contributed by atoms with Crippen LogP contribution in [0.3, 0.4) is 0 Å². The number of Topliss-reactive ketones (excluding diaryl/α,β-unsaturated/α-hetero) is 3. The van der Waals surface area contributed by atoms with Gasteiger partial charge >= 0.3 is 5.97 Å². The zero-order chi connectivity index (χ0) is 54.4. The van der Waals surface area contributed by atoms with Crippen molar-refractivity contribution in [1.82, 2.24) is 4.90 Å². The van der Waals surface area contributed by atoms with Crippen molar-refractivity contribution in [2.75, 3.05) is 41.1 Å². The number of ether oxygens (including phenoxy) is 6. The lowest BCUT2D eigenvalue weighted by atomic mass is 9.78. The Morgan fingerprint density at radius 2 is 1.59 bits per heavy atom. The Morgan fingerprint density at radius 3 is 2.23 bits per heavy atom. The van der Waals surface area contributed by atoms with Crippen LogP contribution in [0.4, 0.5) is 0 Å². The summed E-state index contributed by atoms with van der Waals surface area (Å²) in [5.74, 6) is -4.65. The first-order valence-corrected chi connectivity index (χ1v) is 26.0. The van der Waals surface area contributed by atoms with Crippen molar-refractivity contribution in [2.45, 2.75) is 169 Å². The van der Waals surface area contributed by atoms with E-state index >= 15 is 0 Å². The maximum absolute atomic E-state index is 14.6. The molecule has 16 nitrogen and oxygen atoms in total. The standard InChI is InChI=1S/C57H85NO15/c1-34-18-14-13-15-19-35(2)46(68-10)30-42-23-21-40(7)57(9,73-42)52(64)53(65)58-25-17-16-20-43(58)54(66)71-47(31-44(61)36(3)27-39(6)50(63)51(70-12)49(62)38(5)26-34)37(4)28-41-22-24-45(48(29-41)69-11)72-55(67)56(8,32-59)33-60/h13-15,18-19,22,24,27,29,34,36-38,40,42-43,46-47,50-51,55,59-60,63,67H,16-17,20-21,23,25-26,28,30-33H2,1-12H3/b15-13+,18-14+,35-19+,39-27+/t34-,36+,37?,38-,40-,42?,43+,46?,47?,50-,51-,55?,57-/m1/s1. The number of fused-ring (bicyclic) bond motifs is 3. The second-order valence-electron chi connectivity index (χ2n) is 21.4. The molecule has 1 amide bonds. The zero-order valence-corrected chi connectivity index (χ0v) is 45.3. The van der Waals surface area contributed by atoms with Gasteiger partial charge in [-0.15, -0.1) is 0 Å². The maximum Gasteiger partial charge on any atom is 0.329 e. The molecule has 2 saturated heterocycles. The number of hydrogen-bond donors (Lipinski definition) is 4. The molecule has 1 aromatic carbocycles. The molecule has 3 aliphatic heterocycles. The average molecular weight is 1020 g/mol. The highest BCUT2D eigenvalue weighted by molar-refractivity contribution is 6.39. The Hall–Kier alpha value is -4.55. The van der Waals surface area contributed by atoms with E-state index in [1.807, 2.05) is 58.1 Å². The van der Waals surface area contributed by atoms with Gasteiger partial charge in [-0.2, -0.15) is 0 Å². The van der Waals surface area contributed by atoms with Crippen LogP contribution in [0.15, 0.2) is 65.8 Å². The zero-order valence-electron chi connectivity index (χ0n) is 45.3. The summed E-state index contributed by atoms with van der Waals surface area (Å²) in [6.07, 6.45) is 8.96. The number of esters is 1. The Labute approximate surface area is 433 Å². The summed E-state index contributed by atoms with van der Waals surface area (Å²) in [5.41, 5.74) is -0.871. The Balaban J connectivity index is 1.74. The van der Waals surface area contributed by atoms with E-state index in [1.54, 1.807) is 59.1 Å². The van der Waals surface area contributed by atoms with E-state index in [0.717, 1.165) is 5.57 Å². The van der Waals surface area contributed by atoms with Crippen molar-refractivity contribution in [2.24, 2.45) is 35.0 Å². The number of rotatable bonds is 11. The smallest absolute Gasteiger partial charge is 0.329 e. The van der Waals surface area contributed by atoms with Gasteiger partial charge < -0.3 is 53.7 Å². The van der Waals surface area contributed by atoms with Crippen LogP contribution in [-0.2, 0) is 49.3 Å². The predicted octanol–water partition coefficient (Wildman–Crippen LogP) is 6.62. The highest BCUT2D eigenvalue weighted by Crippen LogP contribution is 2.39. The molecule has 4 N–H and O–H groups in total. The van der Waals surface area contributed by atoms with Gasteiger partial charge in [-0.25, -0.2) is 4.79 Å². The van der Waals surface area contributed by atoms with Crippen LogP contribution >= 0.6 is 0 Å². The highest BCUT2D eigenvalue weighted by Gasteiger charge is 2.51. The number of benzene rings is 1. The van der Waals surface area contributed by atoms with E-state index in [-0.39, 0.29) is 66.8 Å². The lowest BCUT2D eigenvalue weighted by molar-refractivity contribution is -0.184. The first kappa shape index (κ1) is 61.0. The highest BCUT2D eigenvalue weighted by atomic mass is 16.6. The molecule has 0 spiro atoms. The van der Waals surface area contributed by atoms with Crippen molar-refractivity contribution < 1.29 is 72.8 Å². The van der Waals surface area contributed by atoms with Crippen LogP contribution in [0, 0.1) is 35.0 Å². The molecule has 0 aliphatic carbocycles. The second-order valence-corrected chi connectivity index (χ2v) is 21.4. The number of hydrogen-bond acceptors (Lipinski definition) is 15. The average Bonchev–Trinajstić information content (AvgIpc) is 3.37. The fourth-order valence-electron chi connectivity index (χ4n) is 9.92. The Morgan fingerprint density at radius 1 is 0.890 bits per heavy atom. The van der Waals surface area contributed by atoms with Crippen LogP contribution in [-0.4, -0.2) is 144 Å². The predicted molar refractivity (Wildman–Crippen MR) is 275 cm³/mol. The maximum atomic E-state index is 14.6. The third-order valence-electron chi connectivity index (χ3n) is 15.4. The van der Waals surface area contributed by atoms with Crippen molar-refractivity contribution >= 4 is 29.2 Å². The largest absolute Gasteiger partial charge is 0.493 e. The number of carbonyl (C=O) groups excluding carboxylic acids is 5. The normalized spacial score (nSPS) is 33.5. The van der Waals surface area contributed by atoms with E-state index < -0.39 is 96.4 Å². The quantitative estimate of drug-likeness (QED) is 0.0791. The molecule has 3 heterocycles. The van der Waals surface area contributed by atoms with E-state index in [2.05, 4.69) is 0 Å². The molecule has 1 aromatic rings. The van der Waals surface area contributed by atoms with Crippen LogP contribution < -0.4 is 9.47 Å². The van der Waals surface area contributed by atoms with Gasteiger partial charge in [0.25, 0.3) is 11.7 Å². The summed E-state index contributed by atoms with van der Waals surface area (Å²) in [7, 11) is 4.40. The van der Waals surface area contributed by atoms with E-state index in [0.29, 0.717) is 49.7 Å². The van der Waals surface area contributed by atoms with Crippen molar-refractivity contribution in [1.29, 1.82) is 0 Å². The van der Waals surface area contributed by atoms with Crippen molar-refractivity contribution in [3.05, 3.63) is 71.4 Å². The SMILES string of the molecule is COc1cc(CC(C)C2CC(=O)[C@@H](C)/C=C(\C)[C@@H](O)[C@H](OC)C(=O)[C@H](C)C[C@H](C)/C=C/C=C/C=C(\C)C(OC)CC3CC[C@@H](C)[C@@](C)(O3)C(=O)C(=O)N3CCCC[C@H]3C(=O)O2)ccc1OC(O)C(C)(CO)CO. The number of aliphatic hydroxyl groups excluding tert-OH is 4. The van der Waals surface area contributed by atoms with E-state index in [9.17, 15) is 44.4 Å². The molecule has 2 fully saturated rings. The third kappa shape index (κ3) is 15.7. The monoisotopic (exact) mass is 1020 g/mol. The molecule has 3 aliphatic rings. The van der Waals surface area contributed by atoms with Crippen LogP contribution in [0.2, 0.25) is 0 Å². The fourth-order valence-corrected chi connectivity index (χ4v) is 9.92. The number of piperidine rings is 1. The molecule has 4 rings (SSSR count). The molecular weight excluding hydrogens is 939 g/mol. The van der Waals surface area contributed by atoms with Gasteiger partial charge in [0.05, 0.1) is 37.9 Å². The topological polar surface area (TPSA) is 225 Å². The summed E-state index contributed by atoms with van der Waals surface area (Å²) in [6.45, 7) is 14.9. The number of allylic oxidation sites excluding steroid dienone is 6. The van der Waals surface area contributed by atoms with Crippen LogP contribution in [0.1, 0.15) is 119 Å². The molecule has 73 heavy (non-hydrogen) atoms. The van der Waals surface area contributed by atoms with Gasteiger partial charge in [0.2, 0.25) is 6.29 Å². The fraction of sp³-hybridized carbons (Fsp3) is 0.667. The number of nitrogens with zero attached hydrogens (tertiary/aromatic N) is 1. The van der Waals surface area contributed by atoms with Gasteiger partial charge in [0, 0.05) is 45.4 Å². The molecule has 16 heteroatoms. The number of ketones is 3. The Bertz CT molecular complexity index is 2160. The number of methoxy groups -OCH3 is 3. The van der Waals surface area contributed by atoms with Crippen LogP contribution in [0.5, 0.6) is 11.5 Å². The summed E-state index contributed by atoms with van der Waals surface area (Å²) in [6, 6.07) is 3.83. The van der Waals surface area contributed by atoms with Gasteiger partial charge in [-0.3, -0.25) is 19.2 Å². The Kier molecular flexibility index (Phi) is 23.3. The van der Waals surface area contributed by atoms with Crippen molar-refractivity contribution in [3.8, 4) is 11.5 Å². The minimum absolute atomic E-state index is 0.0105. The first-order valence-electron chi connectivity index (χ1n) is 26.0. The molecule has 13 atom stereocenters. The third-order valence-corrected chi connectivity index (χ3v) is 15.4. The van der Waals surface area contributed by atoms with Crippen LogP contribution in [0.25, 0.3) is 0 Å². The lowest BCUT2D eigenvalue weighted by Gasteiger charge is -2.44. The van der Waals surface area contributed by atoms with Gasteiger partial charge in [-0.1, -0.05) is 77.1 Å². The molecule has 0 saturated carbocycles. The van der Waals surface area contributed by atoms with Crippen molar-refractivity contribution in [3.63, 3.8) is 0 Å². The molecular formula is C57H85NO15. The van der Waals surface area contributed by atoms with Gasteiger partial charge in [0.1, 0.15) is 35.7 Å². The lowest BCUT2D eigenvalue weighted by Crippen LogP contribution is -2.59. The van der Waals surface area contributed by atoms with E-state index in [1.165, 1.54) is 26.0 Å². The molecule has 0 aromatic heterocycles. The summed E-state index contributed by atoms with van der Waals surface area (Å²) in [4.78, 5) is 73.0. The molecule has 5 unspecified atom stereocenters. The number of carbonyl (C=O) groups is 5. The summed E-state index contributed by atoms with van der Waals surface area (Å²) < 4.78 is 35.7. The molecule has 408 valence electrons. The second kappa shape index (κ2) is 27.8. The number of amides is 1. The molecule has 2 bridgehead atoms.